The standard InChI is InChI=1S/C24H24N2O3.C5H11NO2.C4H11N3/c27-15-14-25-24(29)22(17-18-6-2-1-3-7-18)26-23(28)13-11-19-10-12-20-8-4-5-9-21(20)16-19;1-5(2,3)8-4(6)7;1-2-3-7-4(5)6/h1-10,12,15-16,22H,11,13-14,17H2,(H,25,29)(H,26,28);1-3H3,(H2,6,7);2-3H2,1H3,(H4,5,6,7)/t22-;;/m0../s1. The van der Waals surface area contributed by atoms with Gasteiger partial charge in [-0.15, -0.1) is 0 Å². The number of nitrogens with zero attached hydrogens (tertiary/aromatic N) is 1. The van der Waals surface area contributed by atoms with E-state index in [1.54, 1.807) is 20.8 Å². The molecular formula is C33H46N6O5. The van der Waals surface area contributed by atoms with Crippen LogP contribution >= 0.6 is 0 Å². The lowest BCUT2D eigenvalue weighted by Crippen LogP contribution is -2.48. The Morgan fingerprint density at radius 3 is 2.07 bits per heavy atom. The maximum atomic E-state index is 12.5. The first kappa shape index (κ1) is 37.1. The molecule has 0 unspecified atom stereocenters. The van der Waals surface area contributed by atoms with E-state index in [0.717, 1.165) is 34.9 Å². The topological polar surface area (TPSA) is 192 Å². The number of primary amides is 1. The molecule has 0 saturated heterocycles. The first-order valence-electron chi connectivity index (χ1n) is 14.4. The number of aliphatic imine (C=N–C) groups is 1. The van der Waals surface area contributed by atoms with E-state index in [0.29, 0.717) is 19.1 Å². The summed E-state index contributed by atoms with van der Waals surface area (Å²) >= 11 is 0. The molecule has 238 valence electrons. The lowest BCUT2D eigenvalue weighted by molar-refractivity contribution is -0.129. The van der Waals surface area contributed by atoms with Gasteiger partial charge in [-0.1, -0.05) is 79.7 Å². The zero-order valence-electron chi connectivity index (χ0n) is 26.0. The predicted molar refractivity (Wildman–Crippen MR) is 175 cm³/mol. The molecule has 0 bridgehead atoms. The second-order valence-electron chi connectivity index (χ2n) is 10.7. The number of nitrogens with two attached hydrogens (primary N) is 3. The van der Waals surface area contributed by atoms with E-state index in [1.165, 1.54) is 0 Å². The highest BCUT2D eigenvalue weighted by atomic mass is 16.6. The Bertz CT molecular complexity index is 1350. The van der Waals surface area contributed by atoms with Crippen LogP contribution < -0.4 is 27.8 Å². The van der Waals surface area contributed by atoms with Crippen molar-refractivity contribution in [1.82, 2.24) is 10.6 Å². The van der Waals surface area contributed by atoms with E-state index in [9.17, 15) is 19.2 Å². The van der Waals surface area contributed by atoms with Crippen LogP contribution in [0.15, 0.2) is 77.8 Å². The number of rotatable bonds is 11. The van der Waals surface area contributed by atoms with Crippen molar-refractivity contribution in [3.8, 4) is 0 Å². The van der Waals surface area contributed by atoms with Gasteiger partial charge in [0, 0.05) is 19.4 Å². The zero-order chi connectivity index (χ0) is 33.0. The molecule has 11 heteroatoms. The number of nitrogens with one attached hydrogen (secondary N) is 2. The highest BCUT2D eigenvalue weighted by Crippen LogP contribution is 2.16. The quantitative estimate of drug-likeness (QED) is 0.125. The Hall–Kier alpha value is -4.93. The summed E-state index contributed by atoms with van der Waals surface area (Å²) in [4.78, 5) is 49.2. The number of guanidine groups is 1. The van der Waals surface area contributed by atoms with Crippen molar-refractivity contribution in [1.29, 1.82) is 0 Å². The number of carbonyl (C=O) groups excluding carboxylic acids is 4. The molecule has 3 amide bonds. The van der Waals surface area contributed by atoms with Gasteiger partial charge in [-0.05, 0) is 55.5 Å². The van der Waals surface area contributed by atoms with Crippen molar-refractivity contribution in [3.05, 3.63) is 83.9 Å². The Morgan fingerprint density at radius 2 is 1.55 bits per heavy atom. The fraction of sp³-hybridized carbons (Fsp3) is 0.364. The van der Waals surface area contributed by atoms with Gasteiger partial charge in [-0.2, -0.15) is 0 Å². The predicted octanol–water partition coefficient (Wildman–Crippen LogP) is 3.37. The minimum Gasteiger partial charge on any atom is -0.444 e. The van der Waals surface area contributed by atoms with Gasteiger partial charge < -0.3 is 37.4 Å². The third kappa shape index (κ3) is 17.1. The van der Waals surface area contributed by atoms with Crippen LogP contribution in [0.3, 0.4) is 0 Å². The zero-order valence-corrected chi connectivity index (χ0v) is 26.0. The number of aldehydes is 1. The summed E-state index contributed by atoms with van der Waals surface area (Å²) in [6.45, 7) is 7.97. The van der Waals surface area contributed by atoms with Crippen LogP contribution in [0.5, 0.6) is 0 Å². The first-order valence-corrected chi connectivity index (χ1v) is 14.4. The van der Waals surface area contributed by atoms with Crippen molar-refractivity contribution in [3.63, 3.8) is 0 Å². The fourth-order valence-electron chi connectivity index (χ4n) is 3.79. The van der Waals surface area contributed by atoms with Gasteiger partial charge in [-0.3, -0.25) is 14.6 Å². The van der Waals surface area contributed by atoms with Gasteiger partial charge in [0.2, 0.25) is 11.8 Å². The lowest BCUT2D eigenvalue weighted by Gasteiger charge is -2.18. The molecule has 3 aromatic rings. The molecule has 11 nitrogen and oxygen atoms in total. The number of ether oxygens (including phenoxy) is 1. The molecule has 44 heavy (non-hydrogen) atoms. The summed E-state index contributed by atoms with van der Waals surface area (Å²) in [5.41, 5.74) is 16.3. The van der Waals surface area contributed by atoms with E-state index < -0.39 is 17.7 Å². The van der Waals surface area contributed by atoms with Gasteiger partial charge >= 0.3 is 6.09 Å². The van der Waals surface area contributed by atoms with Crippen LogP contribution in [-0.4, -0.2) is 54.9 Å². The smallest absolute Gasteiger partial charge is 0.405 e. The van der Waals surface area contributed by atoms with Crippen LogP contribution in [0.4, 0.5) is 4.79 Å². The molecule has 0 heterocycles. The van der Waals surface area contributed by atoms with E-state index in [4.69, 9.17) is 17.2 Å². The molecule has 0 saturated carbocycles. The van der Waals surface area contributed by atoms with Gasteiger partial charge in [0.05, 0.1) is 6.54 Å². The van der Waals surface area contributed by atoms with E-state index in [2.05, 4.69) is 32.5 Å². The molecule has 0 fully saturated rings. The number of amides is 3. The highest BCUT2D eigenvalue weighted by Gasteiger charge is 2.21. The Morgan fingerprint density at radius 1 is 0.909 bits per heavy atom. The van der Waals surface area contributed by atoms with Gasteiger partial charge in [-0.25, -0.2) is 4.79 Å². The van der Waals surface area contributed by atoms with Crippen molar-refractivity contribution in [2.24, 2.45) is 22.2 Å². The second-order valence-corrected chi connectivity index (χ2v) is 10.7. The number of hydrogen-bond donors (Lipinski definition) is 5. The molecule has 0 spiro atoms. The third-order valence-corrected chi connectivity index (χ3v) is 5.67. The van der Waals surface area contributed by atoms with E-state index >= 15 is 0 Å². The number of carbonyl (C=O) groups is 4. The monoisotopic (exact) mass is 606 g/mol. The van der Waals surface area contributed by atoms with Crippen molar-refractivity contribution in [2.75, 3.05) is 13.1 Å². The maximum Gasteiger partial charge on any atom is 0.405 e. The molecule has 3 rings (SSSR count). The van der Waals surface area contributed by atoms with E-state index in [-0.39, 0.29) is 30.7 Å². The summed E-state index contributed by atoms with van der Waals surface area (Å²) in [6.07, 6.45) is 2.14. The summed E-state index contributed by atoms with van der Waals surface area (Å²) < 4.78 is 4.58. The second kappa shape index (κ2) is 20.1. The van der Waals surface area contributed by atoms with Crippen LogP contribution in [-0.2, 0) is 32.0 Å². The number of aryl methyl sites for hydroxylation is 1. The van der Waals surface area contributed by atoms with Crippen LogP contribution in [0.1, 0.15) is 51.7 Å². The summed E-state index contributed by atoms with van der Waals surface area (Å²) in [5, 5.41) is 7.65. The molecule has 1 atom stereocenters. The molecular weight excluding hydrogens is 560 g/mol. The number of hydrogen-bond acceptors (Lipinski definition) is 6. The van der Waals surface area contributed by atoms with Crippen LogP contribution in [0.2, 0.25) is 0 Å². The van der Waals surface area contributed by atoms with E-state index in [1.807, 2.05) is 67.6 Å². The summed E-state index contributed by atoms with van der Waals surface area (Å²) in [7, 11) is 0. The Balaban J connectivity index is 0.000000533. The Labute approximate surface area is 259 Å². The minimum atomic E-state index is -0.725. The normalized spacial score (nSPS) is 10.9. The summed E-state index contributed by atoms with van der Waals surface area (Å²) in [6, 6.07) is 23.0. The van der Waals surface area contributed by atoms with Crippen molar-refractivity contribution >= 4 is 40.9 Å². The molecule has 0 radical (unpaired) electrons. The fourth-order valence-corrected chi connectivity index (χ4v) is 3.79. The average Bonchev–Trinajstić information content (AvgIpc) is 2.97. The Kier molecular flexibility index (Phi) is 16.9. The SMILES string of the molecule is CC(C)(C)OC(N)=O.CCCN=C(N)N.O=CCNC(=O)[C@H](Cc1ccccc1)NC(=O)CCc1ccc2ccccc2c1. The third-order valence-electron chi connectivity index (χ3n) is 5.67. The lowest BCUT2D eigenvalue weighted by atomic mass is 10.0. The molecule has 0 aliphatic rings. The van der Waals surface area contributed by atoms with Gasteiger partial charge in [0.1, 0.15) is 17.9 Å². The van der Waals surface area contributed by atoms with Crippen LogP contribution in [0, 0.1) is 0 Å². The highest BCUT2D eigenvalue weighted by molar-refractivity contribution is 5.89. The molecule has 0 aliphatic carbocycles. The average molecular weight is 607 g/mol. The molecule has 8 N–H and O–H groups in total. The first-order chi connectivity index (χ1) is 20.8. The maximum absolute atomic E-state index is 12.5. The van der Waals surface area contributed by atoms with Crippen molar-refractivity contribution in [2.45, 2.75) is 65.0 Å². The largest absolute Gasteiger partial charge is 0.444 e. The van der Waals surface area contributed by atoms with Gasteiger partial charge in [0.25, 0.3) is 0 Å². The molecule has 3 aromatic carbocycles. The number of fused-ring (bicyclic) bond motifs is 1. The minimum absolute atomic E-state index is 0.0723. The van der Waals surface area contributed by atoms with Crippen LogP contribution in [0.25, 0.3) is 10.8 Å². The molecule has 0 aliphatic heterocycles. The van der Waals surface area contributed by atoms with Crippen molar-refractivity contribution < 1.29 is 23.9 Å². The molecule has 0 aromatic heterocycles. The number of benzene rings is 3. The summed E-state index contributed by atoms with van der Waals surface area (Å²) in [5.74, 6) is -0.373. The van der Waals surface area contributed by atoms with Gasteiger partial charge in [0.15, 0.2) is 5.96 Å².